The lowest BCUT2D eigenvalue weighted by atomic mass is 9.99. The number of nitrogens with one attached hydrogen (secondary N) is 1. The first-order valence-corrected chi connectivity index (χ1v) is 13.3. The van der Waals surface area contributed by atoms with Crippen LogP contribution in [0, 0.1) is 5.82 Å². The van der Waals surface area contributed by atoms with Crippen molar-refractivity contribution >= 4 is 22.6 Å². The van der Waals surface area contributed by atoms with E-state index in [0.29, 0.717) is 18.4 Å². The smallest absolute Gasteiger partial charge is 0.243 e. The molecule has 5 heteroatoms. The summed E-state index contributed by atoms with van der Waals surface area (Å²) in [6.07, 6.45) is 1.85. The van der Waals surface area contributed by atoms with Gasteiger partial charge < -0.3 is 10.2 Å². The lowest BCUT2D eigenvalue weighted by Crippen LogP contribution is -2.52. The lowest BCUT2D eigenvalue weighted by molar-refractivity contribution is -0.141. The standard InChI is InChI=1S/C33H35FN2O2/c1-3-24(2)35-33(38)31(22-25-12-5-4-6-13-25)36(23-28-15-8-10-19-30(28)34)32(37)21-20-27-17-11-16-26-14-7-9-18-29(26)27/h4-19,24,31H,3,20-23H2,1-2H3,(H,35,38). The number of aryl methyl sites for hydroxylation is 1. The molecule has 0 saturated carbocycles. The SMILES string of the molecule is CCC(C)NC(=O)C(Cc1ccccc1)N(Cc1ccccc1F)C(=O)CCc1cccc2ccccc12. The van der Waals surface area contributed by atoms with Crippen LogP contribution in [-0.4, -0.2) is 28.8 Å². The molecular weight excluding hydrogens is 475 g/mol. The Labute approximate surface area is 224 Å². The van der Waals surface area contributed by atoms with Gasteiger partial charge in [-0.1, -0.05) is 97.9 Å². The Morgan fingerprint density at radius 1 is 0.842 bits per heavy atom. The van der Waals surface area contributed by atoms with E-state index in [1.54, 1.807) is 23.1 Å². The first-order chi connectivity index (χ1) is 18.5. The highest BCUT2D eigenvalue weighted by atomic mass is 19.1. The molecule has 0 aromatic heterocycles. The van der Waals surface area contributed by atoms with Crippen LogP contribution in [0.4, 0.5) is 4.39 Å². The van der Waals surface area contributed by atoms with Gasteiger partial charge in [0.05, 0.1) is 0 Å². The Balaban J connectivity index is 1.66. The van der Waals surface area contributed by atoms with E-state index >= 15 is 0 Å². The number of amides is 2. The van der Waals surface area contributed by atoms with Crippen LogP contribution in [0.25, 0.3) is 10.8 Å². The Morgan fingerprint density at radius 3 is 2.26 bits per heavy atom. The molecule has 38 heavy (non-hydrogen) atoms. The molecule has 4 aromatic carbocycles. The van der Waals surface area contributed by atoms with Gasteiger partial charge in [-0.15, -0.1) is 0 Å². The lowest BCUT2D eigenvalue weighted by Gasteiger charge is -2.32. The van der Waals surface area contributed by atoms with Crippen LogP contribution in [0.2, 0.25) is 0 Å². The van der Waals surface area contributed by atoms with E-state index in [9.17, 15) is 14.0 Å². The molecule has 0 radical (unpaired) electrons. The third-order valence-corrected chi connectivity index (χ3v) is 7.06. The van der Waals surface area contributed by atoms with Crippen molar-refractivity contribution in [1.82, 2.24) is 10.2 Å². The number of carbonyl (C=O) groups excluding carboxylic acids is 2. The first-order valence-electron chi connectivity index (χ1n) is 13.3. The highest BCUT2D eigenvalue weighted by molar-refractivity contribution is 5.89. The predicted octanol–water partition coefficient (Wildman–Crippen LogP) is 6.47. The molecule has 4 rings (SSSR count). The van der Waals surface area contributed by atoms with Crippen molar-refractivity contribution in [2.75, 3.05) is 0 Å². The third-order valence-electron chi connectivity index (χ3n) is 7.06. The van der Waals surface area contributed by atoms with Crippen molar-refractivity contribution < 1.29 is 14.0 Å². The second-order valence-electron chi connectivity index (χ2n) is 9.77. The van der Waals surface area contributed by atoms with Crippen molar-refractivity contribution in [3.05, 3.63) is 120 Å². The predicted molar refractivity (Wildman–Crippen MR) is 151 cm³/mol. The van der Waals surface area contributed by atoms with Crippen molar-refractivity contribution in [2.24, 2.45) is 0 Å². The molecule has 2 atom stereocenters. The average molecular weight is 511 g/mol. The number of benzene rings is 4. The van der Waals surface area contributed by atoms with Crippen LogP contribution < -0.4 is 5.32 Å². The molecule has 0 bridgehead atoms. The van der Waals surface area contributed by atoms with E-state index in [4.69, 9.17) is 0 Å². The highest BCUT2D eigenvalue weighted by Gasteiger charge is 2.31. The largest absolute Gasteiger partial charge is 0.352 e. The molecule has 0 fully saturated rings. The number of nitrogens with zero attached hydrogens (tertiary/aromatic N) is 1. The zero-order valence-electron chi connectivity index (χ0n) is 22.1. The maximum atomic E-state index is 14.8. The van der Waals surface area contributed by atoms with Gasteiger partial charge in [0.25, 0.3) is 0 Å². The van der Waals surface area contributed by atoms with Gasteiger partial charge in [-0.05, 0) is 47.7 Å². The quantitative estimate of drug-likeness (QED) is 0.252. The molecule has 1 N–H and O–H groups in total. The Bertz CT molecular complexity index is 1370. The summed E-state index contributed by atoms with van der Waals surface area (Å²) in [5.74, 6) is -0.792. The molecule has 0 aliphatic heterocycles. The number of carbonyl (C=O) groups is 2. The van der Waals surface area contributed by atoms with Crippen LogP contribution in [0.5, 0.6) is 0 Å². The summed E-state index contributed by atoms with van der Waals surface area (Å²) in [4.78, 5) is 29.0. The Hall–Kier alpha value is -3.99. The molecule has 0 saturated heterocycles. The van der Waals surface area contributed by atoms with Gasteiger partial charge in [-0.3, -0.25) is 9.59 Å². The van der Waals surface area contributed by atoms with Crippen molar-refractivity contribution in [3.8, 4) is 0 Å². The monoisotopic (exact) mass is 510 g/mol. The summed E-state index contributed by atoms with van der Waals surface area (Å²) in [6.45, 7) is 3.97. The molecule has 196 valence electrons. The molecule has 0 heterocycles. The van der Waals surface area contributed by atoms with Crippen LogP contribution in [0.1, 0.15) is 43.4 Å². The van der Waals surface area contributed by atoms with Crippen molar-refractivity contribution in [3.63, 3.8) is 0 Å². The van der Waals surface area contributed by atoms with Crippen molar-refractivity contribution in [2.45, 2.75) is 58.2 Å². The minimum Gasteiger partial charge on any atom is -0.352 e. The van der Waals surface area contributed by atoms with Gasteiger partial charge in [0.1, 0.15) is 11.9 Å². The number of hydrogen-bond acceptors (Lipinski definition) is 2. The molecule has 4 nitrogen and oxygen atoms in total. The van der Waals surface area contributed by atoms with E-state index in [1.165, 1.54) is 6.07 Å². The summed E-state index contributed by atoms with van der Waals surface area (Å²) >= 11 is 0. The van der Waals surface area contributed by atoms with E-state index in [2.05, 4.69) is 23.5 Å². The normalized spacial score (nSPS) is 12.6. The molecule has 0 aliphatic rings. The van der Waals surface area contributed by atoms with Gasteiger partial charge >= 0.3 is 0 Å². The van der Waals surface area contributed by atoms with E-state index < -0.39 is 6.04 Å². The topological polar surface area (TPSA) is 49.4 Å². The third kappa shape index (κ3) is 6.86. The van der Waals surface area contributed by atoms with Gasteiger partial charge in [0.2, 0.25) is 11.8 Å². The van der Waals surface area contributed by atoms with Crippen molar-refractivity contribution in [1.29, 1.82) is 0 Å². The summed E-state index contributed by atoms with van der Waals surface area (Å²) < 4.78 is 14.8. The van der Waals surface area contributed by atoms with Crippen LogP contribution >= 0.6 is 0 Å². The summed E-state index contributed by atoms with van der Waals surface area (Å²) in [6, 6.07) is 29.5. The van der Waals surface area contributed by atoms with Gasteiger partial charge in [-0.2, -0.15) is 0 Å². The van der Waals surface area contributed by atoms with Crippen LogP contribution in [0.15, 0.2) is 97.1 Å². The molecule has 0 spiro atoms. The fourth-order valence-corrected chi connectivity index (χ4v) is 4.70. The zero-order chi connectivity index (χ0) is 26.9. The fourth-order valence-electron chi connectivity index (χ4n) is 4.70. The molecular formula is C33H35FN2O2. The fraction of sp³-hybridized carbons (Fsp3) is 0.273. The summed E-state index contributed by atoms with van der Waals surface area (Å²) in [5, 5.41) is 5.29. The molecule has 0 aliphatic carbocycles. The minimum absolute atomic E-state index is 0.0203. The Morgan fingerprint density at radius 2 is 1.50 bits per heavy atom. The zero-order valence-corrected chi connectivity index (χ0v) is 22.1. The number of rotatable bonds is 11. The Kier molecular flexibility index (Phi) is 9.26. The van der Waals surface area contributed by atoms with Gasteiger partial charge in [0.15, 0.2) is 0 Å². The number of halogens is 1. The molecule has 2 unspecified atom stereocenters. The van der Waals surface area contributed by atoms with Crippen LogP contribution in [-0.2, 0) is 29.0 Å². The maximum Gasteiger partial charge on any atom is 0.243 e. The summed E-state index contributed by atoms with van der Waals surface area (Å²) in [5.41, 5.74) is 2.41. The van der Waals surface area contributed by atoms with E-state index in [-0.39, 0.29) is 36.6 Å². The van der Waals surface area contributed by atoms with Gasteiger partial charge in [-0.25, -0.2) is 4.39 Å². The maximum absolute atomic E-state index is 14.8. The minimum atomic E-state index is -0.772. The highest BCUT2D eigenvalue weighted by Crippen LogP contribution is 2.22. The number of fused-ring (bicyclic) bond motifs is 1. The van der Waals surface area contributed by atoms with E-state index in [1.807, 2.05) is 68.4 Å². The van der Waals surface area contributed by atoms with Gasteiger partial charge in [0, 0.05) is 31.0 Å². The number of hydrogen-bond donors (Lipinski definition) is 1. The summed E-state index contributed by atoms with van der Waals surface area (Å²) in [7, 11) is 0. The van der Waals surface area contributed by atoms with E-state index in [0.717, 1.165) is 28.3 Å². The molecule has 2 amide bonds. The second kappa shape index (κ2) is 13.0. The van der Waals surface area contributed by atoms with Crippen LogP contribution in [0.3, 0.4) is 0 Å². The molecule has 4 aromatic rings. The first kappa shape index (κ1) is 27.1. The average Bonchev–Trinajstić information content (AvgIpc) is 2.94. The second-order valence-corrected chi connectivity index (χ2v) is 9.77.